The molecule has 21 heavy (non-hydrogen) atoms. The van der Waals surface area contributed by atoms with Crippen molar-refractivity contribution in [2.45, 2.75) is 53.7 Å². The van der Waals surface area contributed by atoms with E-state index in [2.05, 4.69) is 44.8 Å². The SMILES string of the molecule is CCC(C)C(C(O)Cn1nc2ccccc2n1)C(C)(C)C. The van der Waals surface area contributed by atoms with E-state index in [9.17, 15) is 5.11 Å². The number of hydrogen-bond acceptors (Lipinski definition) is 3. The van der Waals surface area contributed by atoms with Crippen LogP contribution in [0.3, 0.4) is 0 Å². The van der Waals surface area contributed by atoms with Crippen LogP contribution in [0.1, 0.15) is 41.0 Å². The number of aliphatic hydroxyl groups is 1. The predicted molar refractivity (Wildman–Crippen MR) is 85.9 cm³/mol. The highest BCUT2D eigenvalue weighted by atomic mass is 16.3. The first-order valence-corrected chi connectivity index (χ1v) is 7.81. The largest absolute Gasteiger partial charge is 0.391 e. The zero-order chi connectivity index (χ0) is 15.6. The van der Waals surface area contributed by atoms with E-state index in [4.69, 9.17) is 0 Å². The molecule has 0 spiro atoms. The Hall–Kier alpha value is -1.42. The molecule has 1 aromatic heterocycles. The first kappa shape index (κ1) is 16.0. The van der Waals surface area contributed by atoms with Gasteiger partial charge in [-0.05, 0) is 29.4 Å². The van der Waals surface area contributed by atoms with Crippen LogP contribution < -0.4 is 0 Å². The molecule has 0 bridgehead atoms. The fourth-order valence-electron chi connectivity index (χ4n) is 3.33. The van der Waals surface area contributed by atoms with Gasteiger partial charge in [0.1, 0.15) is 11.0 Å². The molecule has 2 aromatic rings. The highest BCUT2D eigenvalue weighted by Gasteiger charge is 2.35. The van der Waals surface area contributed by atoms with Gasteiger partial charge >= 0.3 is 0 Å². The minimum absolute atomic E-state index is 0.0570. The zero-order valence-corrected chi connectivity index (χ0v) is 13.7. The molecule has 1 aromatic carbocycles. The third kappa shape index (κ3) is 3.62. The second-order valence-electron chi connectivity index (χ2n) is 7.09. The van der Waals surface area contributed by atoms with Crippen molar-refractivity contribution in [1.82, 2.24) is 15.0 Å². The second-order valence-corrected chi connectivity index (χ2v) is 7.09. The van der Waals surface area contributed by atoms with E-state index in [1.54, 1.807) is 4.80 Å². The number of benzene rings is 1. The lowest BCUT2D eigenvalue weighted by Crippen LogP contribution is -2.39. The van der Waals surface area contributed by atoms with Crippen molar-refractivity contribution >= 4 is 11.0 Å². The fraction of sp³-hybridized carbons (Fsp3) is 0.647. The van der Waals surface area contributed by atoms with Crippen molar-refractivity contribution in [2.24, 2.45) is 17.3 Å². The Bertz CT molecular complexity index is 552. The molecule has 1 heterocycles. The van der Waals surface area contributed by atoms with Crippen LogP contribution in [0, 0.1) is 17.3 Å². The molecule has 0 saturated carbocycles. The third-order valence-electron chi connectivity index (χ3n) is 4.35. The van der Waals surface area contributed by atoms with Crippen LogP contribution in [-0.2, 0) is 6.54 Å². The van der Waals surface area contributed by atoms with E-state index in [1.807, 2.05) is 24.3 Å². The van der Waals surface area contributed by atoms with Crippen molar-refractivity contribution in [1.29, 1.82) is 0 Å². The maximum absolute atomic E-state index is 10.7. The van der Waals surface area contributed by atoms with Gasteiger partial charge in [-0.25, -0.2) is 0 Å². The van der Waals surface area contributed by atoms with Crippen LogP contribution in [0.4, 0.5) is 0 Å². The lowest BCUT2D eigenvalue weighted by atomic mass is 9.70. The average molecular weight is 289 g/mol. The standard InChI is InChI=1S/C17H27N3O/c1-6-12(2)16(17(3,4)5)15(21)11-20-18-13-9-7-8-10-14(13)19-20/h7-10,12,15-16,21H,6,11H2,1-5H3. The molecule has 0 saturated heterocycles. The molecule has 4 heteroatoms. The number of fused-ring (bicyclic) bond motifs is 1. The van der Waals surface area contributed by atoms with Crippen molar-refractivity contribution in [3.8, 4) is 0 Å². The summed E-state index contributed by atoms with van der Waals surface area (Å²) >= 11 is 0. The highest BCUT2D eigenvalue weighted by molar-refractivity contribution is 5.72. The molecule has 0 fully saturated rings. The van der Waals surface area contributed by atoms with Gasteiger partial charge in [-0.15, -0.1) is 0 Å². The first-order chi connectivity index (χ1) is 9.82. The van der Waals surface area contributed by atoms with Gasteiger partial charge in [0.25, 0.3) is 0 Å². The molecular formula is C17H27N3O. The summed E-state index contributed by atoms with van der Waals surface area (Å²) in [6.07, 6.45) is 0.620. The van der Waals surface area contributed by atoms with Gasteiger partial charge in [0.05, 0.1) is 12.6 Å². The number of rotatable bonds is 5. The lowest BCUT2D eigenvalue weighted by Gasteiger charge is -2.38. The summed E-state index contributed by atoms with van der Waals surface area (Å²) in [5.74, 6) is 0.682. The summed E-state index contributed by atoms with van der Waals surface area (Å²) in [6, 6.07) is 7.80. The smallest absolute Gasteiger partial charge is 0.113 e. The Morgan fingerprint density at radius 1 is 1.14 bits per heavy atom. The van der Waals surface area contributed by atoms with Crippen LogP contribution in [0.25, 0.3) is 11.0 Å². The van der Waals surface area contributed by atoms with Gasteiger partial charge in [-0.3, -0.25) is 0 Å². The Balaban J connectivity index is 2.19. The van der Waals surface area contributed by atoms with E-state index in [-0.39, 0.29) is 11.3 Å². The Labute approximate surface area is 127 Å². The van der Waals surface area contributed by atoms with Gasteiger partial charge in [-0.2, -0.15) is 15.0 Å². The normalized spacial score (nSPS) is 16.9. The van der Waals surface area contributed by atoms with Crippen molar-refractivity contribution < 1.29 is 5.11 Å². The van der Waals surface area contributed by atoms with E-state index in [0.29, 0.717) is 12.5 Å². The molecule has 0 aliphatic heterocycles. The number of nitrogens with zero attached hydrogens (tertiary/aromatic N) is 3. The quantitative estimate of drug-likeness (QED) is 0.916. The molecule has 116 valence electrons. The van der Waals surface area contributed by atoms with E-state index in [0.717, 1.165) is 17.5 Å². The fourth-order valence-corrected chi connectivity index (χ4v) is 3.33. The number of hydrogen-bond donors (Lipinski definition) is 1. The third-order valence-corrected chi connectivity index (χ3v) is 4.35. The van der Waals surface area contributed by atoms with Crippen LogP contribution >= 0.6 is 0 Å². The van der Waals surface area contributed by atoms with Crippen LogP contribution in [0.15, 0.2) is 24.3 Å². The monoisotopic (exact) mass is 289 g/mol. The first-order valence-electron chi connectivity index (χ1n) is 7.81. The summed E-state index contributed by atoms with van der Waals surface area (Å²) in [5.41, 5.74) is 1.81. The zero-order valence-electron chi connectivity index (χ0n) is 13.7. The van der Waals surface area contributed by atoms with Crippen molar-refractivity contribution in [3.05, 3.63) is 24.3 Å². The molecule has 0 aliphatic carbocycles. The summed E-state index contributed by atoms with van der Waals surface area (Å²) in [5, 5.41) is 19.6. The van der Waals surface area contributed by atoms with Gasteiger partial charge in [0.15, 0.2) is 0 Å². The summed E-state index contributed by atoms with van der Waals surface area (Å²) < 4.78 is 0. The van der Waals surface area contributed by atoms with Crippen molar-refractivity contribution in [3.63, 3.8) is 0 Å². The molecule has 1 N–H and O–H groups in total. The molecule has 0 radical (unpaired) electrons. The maximum atomic E-state index is 10.7. The van der Waals surface area contributed by atoms with Gasteiger partial charge in [-0.1, -0.05) is 53.2 Å². The van der Waals surface area contributed by atoms with Gasteiger partial charge in [0.2, 0.25) is 0 Å². The molecule has 2 rings (SSSR count). The number of aliphatic hydroxyl groups excluding tert-OH is 1. The molecular weight excluding hydrogens is 262 g/mol. The maximum Gasteiger partial charge on any atom is 0.113 e. The van der Waals surface area contributed by atoms with Gasteiger partial charge in [0, 0.05) is 0 Å². The topological polar surface area (TPSA) is 50.9 Å². The average Bonchev–Trinajstić information content (AvgIpc) is 2.78. The summed E-state index contributed by atoms with van der Waals surface area (Å²) in [7, 11) is 0. The summed E-state index contributed by atoms with van der Waals surface area (Å²) in [6.45, 7) is 11.4. The lowest BCUT2D eigenvalue weighted by molar-refractivity contribution is -0.00646. The summed E-state index contributed by atoms with van der Waals surface area (Å²) in [4.78, 5) is 1.64. The van der Waals surface area contributed by atoms with Crippen LogP contribution in [0.2, 0.25) is 0 Å². The van der Waals surface area contributed by atoms with Crippen molar-refractivity contribution in [2.75, 3.05) is 0 Å². The van der Waals surface area contributed by atoms with Gasteiger partial charge < -0.3 is 5.11 Å². The molecule has 4 nitrogen and oxygen atoms in total. The molecule has 3 unspecified atom stereocenters. The van der Waals surface area contributed by atoms with Crippen LogP contribution in [0.5, 0.6) is 0 Å². The molecule has 0 aliphatic rings. The predicted octanol–water partition coefficient (Wildman–Crippen LogP) is 3.50. The minimum atomic E-state index is -0.443. The molecule has 3 atom stereocenters. The Morgan fingerprint density at radius 3 is 2.10 bits per heavy atom. The second kappa shape index (κ2) is 6.14. The highest BCUT2D eigenvalue weighted by Crippen LogP contribution is 2.36. The van der Waals surface area contributed by atoms with E-state index in [1.165, 1.54) is 0 Å². The van der Waals surface area contributed by atoms with E-state index >= 15 is 0 Å². The number of aromatic nitrogens is 3. The Kier molecular flexibility index (Phi) is 4.67. The minimum Gasteiger partial charge on any atom is -0.391 e. The Morgan fingerprint density at radius 2 is 1.67 bits per heavy atom. The molecule has 0 amide bonds. The van der Waals surface area contributed by atoms with Crippen LogP contribution in [-0.4, -0.2) is 26.2 Å². The van der Waals surface area contributed by atoms with E-state index < -0.39 is 6.10 Å².